The number of hydrogen-bond donors (Lipinski definition) is 2. The van der Waals surface area contributed by atoms with Crippen molar-refractivity contribution in [1.29, 1.82) is 0 Å². The predicted octanol–water partition coefficient (Wildman–Crippen LogP) is 2.10. The summed E-state index contributed by atoms with van der Waals surface area (Å²) in [7, 11) is 0. The largest absolute Gasteiger partial charge is 0.399 e. The number of hydrogen-bond acceptors (Lipinski definition) is 3. The standard InChI is InChI=1S/C12H18N2OS.ClH/c1-9(16-2)8-14-12(15)7-10-3-5-11(13)6-4-10;/h3-6,9H,7-8,13H2,1-2H3,(H,14,15);1H. The minimum atomic E-state index is 0. The van der Waals surface area contributed by atoms with E-state index in [1.165, 1.54) is 0 Å². The smallest absolute Gasteiger partial charge is 0.224 e. The molecule has 1 unspecified atom stereocenters. The molecule has 96 valence electrons. The van der Waals surface area contributed by atoms with Gasteiger partial charge >= 0.3 is 0 Å². The zero-order chi connectivity index (χ0) is 12.0. The lowest BCUT2D eigenvalue weighted by Gasteiger charge is -2.09. The molecule has 1 aromatic carbocycles. The summed E-state index contributed by atoms with van der Waals surface area (Å²) < 4.78 is 0. The molecule has 0 heterocycles. The van der Waals surface area contributed by atoms with Crippen LogP contribution in [-0.4, -0.2) is 24.0 Å². The van der Waals surface area contributed by atoms with Crippen molar-refractivity contribution >= 4 is 35.8 Å². The quantitative estimate of drug-likeness (QED) is 0.809. The number of thioether (sulfide) groups is 1. The number of amides is 1. The van der Waals surface area contributed by atoms with Crippen LogP contribution in [0.15, 0.2) is 24.3 Å². The van der Waals surface area contributed by atoms with Gasteiger partial charge < -0.3 is 11.1 Å². The van der Waals surface area contributed by atoms with Gasteiger partial charge in [0.2, 0.25) is 5.91 Å². The van der Waals surface area contributed by atoms with Crippen molar-refractivity contribution in [2.45, 2.75) is 18.6 Å². The van der Waals surface area contributed by atoms with E-state index in [1.807, 2.05) is 30.5 Å². The second-order valence-corrected chi connectivity index (χ2v) is 5.04. The van der Waals surface area contributed by atoms with E-state index in [0.717, 1.165) is 17.8 Å². The monoisotopic (exact) mass is 274 g/mol. The highest BCUT2D eigenvalue weighted by molar-refractivity contribution is 7.99. The highest BCUT2D eigenvalue weighted by atomic mass is 35.5. The van der Waals surface area contributed by atoms with E-state index < -0.39 is 0 Å². The average Bonchev–Trinajstić information content (AvgIpc) is 2.29. The van der Waals surface area contributed by atoms with Crippen molar-refractivity contribution in [2.24, 2.45) is 0 Å². The molecule has 17 heavy (non-hydrogen) atoms. The maximum absolute atomic E-state index is 11.6. The average molecular weight is 275 g/mol. The van der Waals surface area contributed by atoms with Crippen LogP contribution in [0.5, 0.6) is 0 Å². The van der Waals surface area contributed by atoms with E-state index in [0.29, 0.717) is 11.7 Å². The van der Waals surface area contributed by atoms with Gasteiger partial charge in [-0.25, -0.2) is 0 Å². The van der Waals surface area contributed by atoms with Crippen molar-refractivity contribution in [3.8, 4) is 0 Å². The second kappa shape index (κ2) is 8.25. The van der Waals surface area contributed by atoms with Gasteiger partial charge in [0.05, 0.1) is 6.42 Å². The SMILES string of the molecule is CSC(C)CNC(=O)Cc1ccc(N)cc1.Cl. The number of benzene rings is 1. The van der Waals surface area contributed by atoms with Gasteiger partial charge in [-0.3, -0.25) is 4.79 Å². The van der Waals surface area contributed by atoms with Gasteiger partial charge in [0.1, 0.15) is 0 Å². The third-order valence-electron chi connectivity index (χ3n) is 2.33. The lowest BCUT2D eigenvalue weighted by Crippen LogP contribution is -2.30. The van der Waals surface area contributed by atoms with E-state index in [9.17, 15) is 4.79 Å². The molecule has 1 atom stereocenters. The van der Waals surface area contributed by atoms with Gasteiger partial charge in [-0.1, -0.05) is 19.1 Å². The lowest BCUT2D eigenvalue weighted by atomic mass is 10.1. The molecule has 0 aliphatic heterocycles. The topological polar surface area (TPSA) is 55.1 Å². The summed E-state index contributed by atoms with van der Waals surface area (Å²) in [5.74, 6) is 0.0608. The summed E-state index contributed by atoms with van der Waals surface area (Å²) in [6.07, 6.45) is 2.46. The normalized spacial score (nSPS) is 11.4. The highest BCUT2D eigenvalue weighted by Crippen LogP contribution is 2.06. The first kappa shape index (κ1) is 16.1. The molecule has 0 spiro atoms. The lowest BCUT2D eigenvalue weighted by molar-refractivity contribution is -0.120. The molecule has 1 aromatic rings. The molecule has 3 N–H and O–H groups in total. The number of nitrogens with two attached hydrogens (primary N) is 1. The van der Waals surface area contributed by atoms with Gasteiger partial charge in [-0.15, -0.1) is 12.4 Å². The number of nitrogens with one attached hydrogen (secondary N) is 1. The Hall–Kier alpha value is -0.870. The van der Waals surface area contributed by atoms with E-state index in [4.69, 9.17) is 5.73 Å². The molecule has 0 aliphatic rings. The van der Waals surface area contributed by atoms with Crippen LogP contribution in [0, 0.1) is 0 Å². The number of carbonyl (C=O) groups excluding carboxylic acids is 1. The van der Waals surface area contributed by atoms with Gasteiger partial charge in [-0.2, -0.15) is 11.8 Å². The third-order valence-corrected chi connectivity index (χ3v) is 3.30. The molecule has 3 nitrogen and oxygen atoms in total. The summed E-state index contributed by atoms with van der Waals surface area (Å²) in [4.78, 5) is 11.6. The zero-order valence-corrected chi connectivity index (χ0v) is 11.7. The Morgan fingerprint density at radius 3 is 2.53 bits per heavy atom. The molecule has 5 heteroatoms. The summed E-state index contributed by atoms with van der Waals surface area (Å²) in [5.41, 5.74) is 7.28. The number of halogens is 1. The van der Waals surface area contributed by atoms with E-state index in [2.05, 4.69) is 12.2 Å². The van der Waals surface area contributed by atoms with Gasteiger partial charge in [0.15, 0.2) is 0 Å². The molecule has 0 saturated carbocycles. The van der Waals surface area contributed by atoms with Crippen LogP contribution in [0.25, 0.3) is 0 Å². The molecule has 0 saturated heterocycles. The summed E-state index contributed by atoms with van der Waals surface area (Å²) >= 11 is 1.74. The predicted molar refractivity (Wildman–Crippen MR) is 77.8 cm³/mol. The van der Waals surface area contributed by atoms with Crippen LogP contribution in [-0.2, 0) is 11.2 Å². The van der Waals surface area contributed by atoms with Crippen LogP contribution in [0.1, 0.15) is 12.5 Å². The van der Waals surface area contributed by atoms with E-state index in [1.54, 1.807) is 11.8 Å². The van der Waals surface area contributed by atoms with Crippen LogP contribution < -0.4 is 11.1 Å². The fourth-order valence-electron chi connectivity index (χ4n) is 1.22. The van der Waals surface area contributed by atoms with Crippen molar-refractivity contribution in [2.75, 3.05) is 18.5 Å². The zero-order valence-electron chi connectivity index (χ0n) is 10.1. The molecular formula is C12H19ClN2OS. The van der Waals surface area contributed by atoms with Crippen LogP contribution in [0.2, 0.25) is 0 Å². The number of anilines is 1. The number of nitrogen functional groups attached to an aromatic ring is 1. The minimum absolute atomic E-state index is 0. The summed E-state index contributed by atoms with van der Waals surface area (Å²) in [5, 5.41) is 3.36. The Balaban J connectivity index is 0.00000256. The molecule has 0 aromatic heterocycles. The molecule has 1 rings (SSSR count). The van der Waals surface area contributed by atoms with Crippen LogP contribution >= 0.6 is 24.2 Å². The summed E-state index contributed by atoms with van der Waals surface area (Å²) in [6.45, 7) is 2.81. The number of carbonyl (C=O) groups is 1. The van der Waals surface area contributed by atoms with Crippen molar-refractivity contribution < 1.29 is 4.79 Å². The maximum atomic E-state index is 11.6. The molecule has 0 fully saturated rings. The van der Waals surface area contributed by atoms with Crippen LogP contribution in [0.3, 0.4) is 0 Å². The molecule has 0 radical (unpaired) electrons. The fourth-order valence-corrected chi connectivity index (χ4v) is 1.47. The number of rotatable bonds is 5. The first-order valence-electron chi connectivity index (χ1n) is 5.25. The van der Waals surface area contributed by atoms with Crippen LogP contribution in [0.4, 0.5) is 5.69 Å². The van der Waals surface area contributed by atoms with E-state index >= 15 is 0 Å². The third kappa shape index (κ3) is 6.44. The Kier molecular flexibility index (Phi) is 7.83. The first-order valence-corrected chi connectivity index (χ1v) is 6.54. The molecule has 0 bridgehead atoms. The molecule has 1 amide bonds. The Morgan fingerprint density at radius 2 is 2.00 bits per heavy atom. The Morgan fingerprint density at radius 1 is 1.41 bits per heavy atom. The molecule has 0 aliphatic carbocycles. The maximum Gasteiger partial charge on any atom is 0.224 e. The fraction of sp³-hybridized carbons (Fsp3) is 0.417. The van der Waals surface area contributed by atoms with Gasteiger partial charge in [0, 0.05) is 17.5 Å². The Bertz CT molecular complexity index is 343. The molecular weight excluding hydrogens is 256 g/mol. The van der Waals surface area contributed by atoms with Crippen molar-refractivity contribution in [1.82, 2.24) is 5.32 Å². The second-order valence-electron chi connectivity index (χ2n) is 3.77. The van der Waals surface area contributed by atoms with Crippen molar-refractivity contribution in [3.05, 3.63) is 29.8 Å². The summed E-state index contributed by atoms with van der Waals surface area (Å²) in [6, 6.07) is 7.39. The van der Waals surface area contributed by atoms with Gasteiger partial charge in [-0.05, 0) is 24.0 Å². The van der Waals surface area contributed by atoms with E-state index in [-0.39, 0.29) is 18.3 Å². The highest BCUT2D eigenvalue weighted by Gasteiger charge is 2.05. The minimum Gasteiger partial charge on any atom is -0.399 e. The Labute approximate surface area is 113 Å². The van der Waals surface area contributed by atoms with Crippen molar-refractivity contribution in [3.63, 3.8) is 0 Å². The first-order chi connectivity index (χ1) is 7.61. The van der Waals surface area contributed by atoms with Gasteiger partial charge in [0.25, 0.3) is 0 Å².